The lowest BCUT2D eigenvalue weighted by atomic mass is 10.0. The van der Waals surface area contributed by atoms with Gasteiger partial charge in [0, 0.05) is 23.3 Å². The average molecular weight is 471 g/mol. The molecule has 0 aliphatic carbocycles. The summed E-state index contributed by atoms with van der Waals surface area (Å²) in [4.78, 5) is 50.0. The van der Waals surface area contributed by atoms with Crippen LogP contribution < -0.4 is 0 Å². The van der Waals surface area contributed by atoms with Gasteiger partial charge in [-0.1, -0.05) is 6.07 Å². The van der Waals surface area contributed by atoms with Crippen LogP contribution in [-0.2, 0) is 9.47 Å². The van der Waals surface area contributed by atoms with Gasteiger partial charge in [-0.15, -0.1) is 0 Å². The second kappa shape index (κ2) is 10.1. The van der Waals surface area contributed by atoms with E-state index in [-0.39, 0.29) is 29.9 Å². The Bertz CT molecular complexity index is 1450. The van der Waals surface area contributed by atoms with Crippen molar-refractivity contribution in [3.05, 3.63) is 77.6 Å². The molecule has 3 aromatic heterocycles. The molecule has 0 aliphatic heterocycles. The Balaban J connectivity index is 1.95. The molecule has 0 bridgehead atoms. The van der Waals surface area contributed by atoms with Crippen molar-refractivity contribution in [3.63, 3.8) is 0 Å². The second-order valence-corrected chi connectivity index (χ2v) is 7.40. The number of hydrogen-bond donors (Lipinski definition) is 1. The third kappa shape index (κ3) is 4.98. The van der Waals surface area contributed by atoms with E-state index in [2.05, 4.69) is 15.0 Å². The first kappa shape index (κ1) is 23.5. The van der Waals surface area contributed by atoms with Crippen LogP contribution in [0.4, 0.5) is 0 Å². The van der Waals surface area contributed by atoms with Crippen LogP contribution in [0.2, 0.25) is 0 Å². The number of pyridine rings is 3. The van der Waals surface area contributed by atoms with Crippen LogP contribution in [0.25, 0.3) is 33.5 Å². The van der Waals surface area contributed by atoms with Crippen molar-refractivity contribution in [1.29, 1.82) is 0 Å². The summed E-state index contributed by atoms with van der Waals surface area (Å²) < 4.78 is 10.2. The van der Waals surface area contributed by atoms with E-state index in [0.717, 1.165) is 0 Å². The van der Waals surface area contributed by atoms with Gasteiger partial charge in [0.2, 0.25) is 0 Å². The number of rotatable bonds is 7. The molecule has 0 fully saturated rings. The van der Waals surface area contributed by atoms with Gasteiger partial charge in [-0.05, 0) is 56.3 Å². The standard InChI is InChI=1S/C26H21N3O6/c1-3-34-25(32)16-7-9-27-21(12-16)22-14-18(26(33)35-4-2)13-20(29-22)19-11-17(24(30)31)10-15-6-5-8-28-23(15)19/h5-14H,3-4H2,1-2H3,(H,30,31). The van der Waals surface area contributed by atoms with E-state index in [9.17, 15) is 19.5 Å². The summed E-state index contributed by atoms with van der Waals surface area (Å²) in [5.74, 6) is -2.20. The Hall–Kier alpha value is -4.66. The maximum Gasteiger partial charge on any atom is 0.338 e. The Kier molecular flexibility index (Phi) is 6.77. The molecule has 3 heterocycles. The summed E-state index contributed by atoms with van der Waals surface area (Å²) in [6.45, 7) is 3.79. The quantitative estimate of drug-likeness (QED) is 0.390. The smallest absolute Gasteiger partial charge is 0.338 e. The lowest BCUT2D eigenvalue weighted by molar-refractivity contribution is 0.0516. The highest BCUT2D eigenvalue weighted by Gasteiger charge is 2.18. The normalized spacial score (nSPS) is 10.7. The van der Waals surface area contributed by atoms with Gasteiger partial charge < -0.3 is 14.6 Å². The predicted molar refractivity (Wildman–Crippen MR) is 127 cm³/mol. The Morgan fingerprint density at radius 2 is 1.46 bits per heavy atom. The van der Waals surface area contributed by atoms with E-state index >= 15 is 0 Å². The van der Waals surface area contributed by atoms with Crippen LogP contribution in [0.3, 0.4) is 0 Å². The van der Waals surface area contributed by atoms with Gasteiger partial charge in [0.05, 0.1) is 52.5 Å². The number of carboxylic acids is 1. The number of carbonyl (C=O) groups is 3. The van der Waals surface area contributed by atoms with Crippen molar-refractivity contribution in [2.45, 2.75) is 13.8 Å². The third-order valence-electron chi connectivity index (χ3n) is 5.10. The molecule has 9 nitrogen and oxygen atoms in total. The van der Waals surface area contributed by atoms with Gasteiger partial charge in [0.25, 0.3) is 0 Å². The molecule has 0 spiro atoms. The predicted octanol–water partition coefficient (Wildman–Crippen LogP) is 4.41. The summed E-state index contributed by atoms with van der Waals surface area (Å²) in [7, 11) is 0. The molecule has 1 N–H and O–H groups in total. The SMILES string of the molecule is CCOC(=O)c1ccnc(-c2cc(C(=O)OCC)cc(-c3cc(C(=O)O)cc4cccnc34)n2)c1. The van der Waals surface area contributed by atoms with Crippen molar-refractivity contribution in [2.75, 3.05) is 13.2 Å². The molecule has 0 unspecified atom stereocenters. The molecular weight excluding hydrogens is 450 g/mol. The minimum Gasteiger partial charge on any atom is -0.478 e. The van der Waals surface area contributed by atoms with Crippen LogP contribution in [0.15, 0.2) is 60.9 Å². The molecule has 4 aromatic rings. The fourth-order valence-electron chi connectivity index (χ4n) is 3.56. The number of carbonyl (C=O) groups excluding carboxylic acids is 2. The first-order valence-corrected chi connectivity index (χ1v) is 10.9. The summed E-state index contributed by atoms with van der Waals surface area (Å²) in [6, 6.07) is 12.5. The molecule has 0 aliphatic rings. The maximum atomic E-state index is 12.7. The first-order chi connectivity index (χ1) is 16.9. The fraction of sp³-hybridized carbons (Fsp3) is 0.154. The number of esters is 2. The van der Waals surface area contributed by atoms with E-state index in [1.807, 2.05) is 0 Å². The highest BCUT2D eigenvalue weighted by molar-refractivity contribution is 6.01. The Morgan fingerprint density at radius 1 is 0.771 bits per heavy atom. The topological polar surface area (TPSA) is 129 Å². The van der Waals surface area contributed by atoms with E-state index in [0.29, 0.717) is 33.5 Å². The van der Waals surface area contributed by atoms with Crippen LogP contribution in [-0.4, -0.2) is 51.2 Å². The number of hydrogen-bond acceptors (Lipinski definition) is 8. The maximum absolute atomic E-state index is 12.7. The van der Waals surface area contributed by atoms with E-state index in [1.165, 1.54) is 42.6 Å². The Labute approximate surface area is 200 Å². The number of benzene rings is 1. The molecule has 1 aromatic carbocycles. The lowest BCUT2D eigenvalue weighted by Gasteiger charge is -2.12. The summed E-state index contributed by atoms with van der Waals surface area (Å²) in [6.07, 6.45) is 3.04. The molecule has 0 saturated heterocycles. The molecule has 9 heteroatoms. The Morgan fingerprint density at radius 3 is 2.17 bits per heavy atom. The molecule has 176 valence electrons. The lowest BCUT2D eigenvalue weighted by Crippen LogP contribution is -2.08. The van der Waals surface area contributed by atoms with Gasteiger partial charge in [0.1, 0.15) is 0 Å². The van der Waals surface area contributed by atoms with Gasteiger partial charge in [0.15, 0.2) is 0 Å². The van der Waals surface area contributed by atoms with Gasteiger partial charge in [-0.2, -0.15) is 0 Å². The highest BCUT2D eigenvalue weighted by Crippen LogP contribution is 2.31. The number of ether oxygens (including phenoxy) is 2. The number of aromatic nitrogens is 3. The number of carboxylic acid groups (broad SMARTS) is 1. The summed E-state index contributed by atoms with van der Waals surface area (Å²) >= 11 is 0. The van der Waals surface area contributed by atoms with Crippen molar-refractivity contribution >= 4 is 28.8 Å². The third-order valence-corrected chi connectivity index (χ3v) is 5.10. The minimum absolute atomic E-state index is 0.0489. The van der Waals surface area contributed by atoms with Gasteiger partial charge in [-0.3, -0.25) is 9.97 Å². The van der Waals surface area contributed by atoms with Crippen molar-refractivity contribution in [1.82, 2.24) is 15.0 Å². The number of aromatic carboxylic acids is 1. The van der Waals surface area contributed by atoms with E-state index in [1.54, 1.807) is 32.2 Å². The molecule has 0 saturated carbocycles. The second-order valence-electron chi connectivity index (χ2n) is 7.40. The zero-order valence-electron chi connectivity index (χ0n) is 19.0. The molecule has 4 rings (SSSR count). The van der Waals surface area contributed by atoms with E-state index in [4.69, 9.17) is 9.47 Å². The van der Waals surface area contributed by atoms with Crippen LogP contribution in [0.1, 0.15) is 44.9 Å². The van der Waals surface area contributed by atoms with Gasteiger partial charge in [-0.25, -0.2) is 19.4 Å². The summed E-state index contributed by atoms with van der Waals surface area (Å²) in [5.41, 5.74) is 2.39. The van der Waals surface area contributed by atoms with E-state index < -0.39 is 17.9 Å². The molecule has 35 heavy (non-hydrogen) atoms. The highest BCUT2D eigenvalue weighted by atomic mass is 16.5. The van der Waals surface area contributed by atoms with Crippen LogP contribution in [0.5, 0.6) is 0 Å². The molecular formula is C26H21N3O6. The number of fused-ring (bicyclic) bond motifs is 1. The van der Waals surface area contributed by atoms with Crippen LogP contribution in [0, 0.1) is 0 Å². The van der Waals surface area contributed by atoms with Crippen molar-refractivity contribution in [3.8, 4) is 22.6 Å². The van der Waals surface area contributed by atoms with Crippen molar-refractivity contribution in [2.24, 2.45) is 0 Å². The first-order valence-electron chi connectivity index (χ1n) is 10.9. The monoisotopic (exact) mass is 471 g/mol. The fourth-order valence-corrected chi connectivity index (χ4v) is 3.56. The summed E-state index contributed by atoms with van der Waals surface area (Å²) in [5, 5.41) is 10.2. The zero-order valence-corrected chi connectivity index (χ0v) is 19.0. The largest absolute Gasteiger partial charge is 0.478 e. The molecule has 0 atom stereocenters. The zero-order chi connectivity index (χ0) is 24.9. The van der Waals surface area contributed by atoms with Crippen LogP contribution >= 0.6 is 0 Å². The molecule has 0 radical (unpaired) electrons. The number of nitrogens with zero attached hydrogens (tertiary/aromatic N) is 3. The van der Waals surface area contributed by atoms with Crippen molar-refractivity contribution < 1.29 is 29.0 Å². The molecule has 0 amide bonds. The van der Waals surface area contributed by atoms with Gasteiger partial charge >= 0.3 is 17.9 Å². The minimum atomic E-state index is -1.11. The average Bonchev–Trinajstić information content (AvgIpc) is 2.88.